The zero-order valence-electron chi connectivity index (χ0n) is 16.2. The fourth-order valence-corrected chi connectivity index (χ4v) is 0.648. The molecule has 0 atom stereocenters. The molecular weight excluding hydrogens is 336 g/mol. The van der Waals surface area contributed by atoms with Gasteiger partial charge in [0.25, 0.3) is 0 Å². The molecule has 0 saturated carbocycles. The number of ether oxygens (including phenoxy) is 1. The highest BCUT2D eigenvalue weighted by atomic mass is 32.3. The van der Waals surface area contributed by atoms with Crippen molar-refractivity contribution in [3.8, 4) is 0 Å². The summed E-state index contributed by atoms with van der Waals surface area (Å²) in [4.78, 5) is 14.6. The van der Waals surface area contributed by atoms with Crippen molar-refractivity contribution in [1.82, 2.24) is 9.80 Å². The first-order valence-electron chi connectivity index (χ1n) is 7.79. The van der Waals surface area contributed by atoms with E-state index in [1.165, 1.54) is 0 Å². The number of esters is 1. The standard InChI is InChI=1S/2C5H13N.C5H8O2.H2O4S/c2*1-4-6(3)5-2;1-3-5(6)7-4-2;1-5(2,3)4/h2*4-5H2,1-3H3;3H,1,4H2,2H3;(H2,1,2,3,4). The molecule has 24 heavy (non-hydrogen) atoms. The average Bonchev–Trinajstić information content (AvgIpc) is 2.52. The van der Waals surface area contributed by atoms with Crippen LogP contribution in [0.15, 0.2) is 12.7 Å². The topological polar surface area (TPSA) is 107 Å². The normalized spacial score (nSPS) is 9.62. The van der Waals surface area contributed by atoms with Crippen molar-refractivity contribution in [1.29, 1.82) is 0 Å². The summed E-state index contributed by atoms with van der Waals surface area (Å²) in [7, 11) is -0.444. The number of carbonyl (C=O) groups excluding carboxylic acids is 1. The van der Waals surface area contributed by atoms with Gasteiger partial charge in [-0.25, -0.2) is 4.79 Å². The summed E-state index contributed by atoms with van der Waals surface area (Å²) in [6.45, 7) is 18.7. The Hall–Kier alpha value is -1.00. The smallest absolute Gasteiger partial charge is 0.394 e. The lowest BCUT2D eigenvalue weighted by atomic mass is 10.6. The van der Waals surface area contributed by atoms with Crippen LogP contribution in [0.2, 0.25) is 0 Å². The molecule has 0 bridgehead atoms. The summed E-state index contributed by atoms with van der Waals surface area (Å²) < 4.78 is 36.0. The Balaban J connectivity index is -0.000000112. The average molecular weight is 373 g/mol. The minimum atomic E-state index is -4.67. The van der Waals surface area contributed by atoms with Crippen molar-refractivity contribution >= 4 is 16.4 Å². The molecule has 0 saturated heterocycles. The summed E-state index contributed by atoms with van der Waals surface area (Å²) >= 11 is 0. The predicted octanol–water partition coefficient (Wildman–Crippen LogP) is 2.00. The number of hydrogen-bond acceptors (Lipinski definition) is 6. The Kier molecular flexibility index (Phi) is 28.3. The van der Waals surface area contributed by atoms with Crippen LogP contribution in [-0.2, 0) is 19.9 Å². The molecule has 8 nitrogen and oxygen atoms in total. The maximum Gasteiger partial charge on any atom is 0.394 e. The van der Waals surface area contributed by atoms with Crippen LogP contribution in [0.3, 0.4) is 0 Å². The van der Waals surface area contributed by atoms with Crippen LogP contribution in [0.4, 0.5) is 0 Å². The summed E-state index contributed by atoms with van der Waals surface area (Å²) in [6, 6.07) is 0. The van der Waals surface area contributed by atoms with Crippen molar-refractivity contribution in [3.05, 3.63) is 12.7 Å². The maximum absolute atomic E-state index is 10.1. The van der Waals surface area contributed by atoms with Gasteiger partial charge in [0.15, 0.2) is 0 Å². The summed E-state index contributed by atoms with van der Waals surface area (Å²) in [6.07, 6.45) is 1.14. The number of hydrogen-bond donors (Lipinski definition) is 2. The van der Waals surface area contributed by atoms with Crippen LogP contribution in [-0.4, -0.2) is 80.2 Å². The van der Waals surface area contributed by atoms with Crippen molar-refractivity contribution in [3.63, 3.8) is 0 Å². The van der Waals surface area contributed by atoms with Crippen molar-refractivity contribution in [2.75, 3.05) is 46.9 Å². The summed E-state index contributed by atoms with van der Waals surface area (Å²) in [5, 5.41) is 0. The van der Waals surface area contributed by atoms with E-state index < -0.39 is 10.4 Å². The van der Waals surface area contributed by atoms with Gasteiger partial charge in [0.2, 0.25) is 0 Å². The molecule has 0 aliphatic carbocycles. The quantitative estimate of drug-likeness (QED) is 0.414. The third-order valence-corrected chi connectivity index (χ3v) is 2.61. The van der Waals surface area contributed by atoms with E-state index in [2.05, 4.69) is 62.9 Å². The minimum absolute atomic E-state index is 0.359. The lowest BCUT2D eigenvalue weighted by Crippen LogP contribution is -2.15. The van der Waals surface area contributed by atoms with Crippen molar-refractivity contribution in [2.45, 2.75) is 34.6 Å². The highest BCUT2D eigenvalue weighted by molar-refractivity contribution is 7.79. The van der Waals surface area contributed by atoms with Crippen molar-refractivity contribution in [2.24, 2.45) is 0 Å². The molecule has 2 N–H and O–H groups in total. The lowest BCUT2D eigenvalue weighted by molar-refractivity contribution is -0.137. The molecule has 0 aliphatic rings. The van der Waals surface area contributed by atoms with Gasteiger partial charge in [-0.3, -0.25) is 9.11 Å². The Bertz CT molecular complexity index is 348. The Morgan fingerprint density at radius 2 is 1.21 bits per heavy atom. The predicted molar refractivity (Wildman–Crippen MR) is 98.7 cm³/mol. The third-order valence-electron chi connectivity index (χ3n) is 2.61. The second kappa shape index (κ2) is 22.0. The van der Waals surface area contributed by atoms with Gasteiger partial charge in [0.1, 0.15) is 0 Å². The Labute approximate surface area is 148 Å². The Morgan fingerprint density at radius 3 is 1.25 bits per heavy atom. The Morgan fingerprint density at radius 1 is 0.958 bits per heavy atom. The molecule has 0 aromatic rings. The van der Waals surface area contributed by atoms with Gasteiger partial charge in [-0.1, -0.05) is 34.3 Å². The fourth-order valence-electron chi connectivity index (χ4n) is 0.648. The van der Waals surface area contributed by atoms with Gasteiger partial charge in [-0.05, 0) is 47.2 Å². The molecule has 0 amide bonds. The summed E-state index contributed by atoms with van der Waals surface area (Å²) in [5.41, 5.74) is 0. The monoisotopic (exact) mass is 372 g/mol. The van der Waals surface area contributed by atoms with Gasteiger partial charge >= 0.3 is 16.4 Å². The third kappa shape index (κ3) is 58.3. The molecule has 0 rings (SSSR count). The van der Waals surface area contributed by atoms with Crippen LogP contribution < -0.4 is 0 Å². The van der Waals surface area contributed by atoms with E-state index in [1.807, 2.05) is 0 Å². The van der Waals surface area contributed by atoms with E-state index in [-0.39, 0.29) is 5.97 Å². The van der Waals surface area contributed by atoms with E-state index in [9.17, 15) is 4.79 Å². The molecule has 0 unspecified atom stereocenters. The van der Waals surface area contributed by atoms with Gasteiger partial charge in [0.05, 0.1) is 6.61 Å². The van der Waals surface area contributed by atoms with Crippen LogP contribution in [0.5, 0.6) is 0 Å². The molecular formula is C15H36N2O6S. The van der Waals surface area contributed by atoms with Gasteiger partial charge in [0, 0.05) is 6.08 Å². The number of carbonyl (C=O) groups is 1. The number of rotatable bonds is 6. The zero-order chi connectivity index (χ0) is 20.2. The second-order valence-electron chi connectivity index (χ2n) is 4.38. The molecule has 148 valence electrons. The van der Waals surface area contributed by atoms with Crippen molar-refractivity contribution < 1.29 is 27.1 Å². The van der Waals surface area contributed by atoms with E-state index in [0.717, 1.165) is 32.3 Å². The lowest BCUT2D eigenvalue weighted by Gasteiger charge is -2.07. The molecule has 0 aromatic carbocycles. The first kappa shape index (κ1) is 30.8. The van der Waals surface area contributed by atoms with E-state index in [0.29, 0.717) is 6.61 Å². The van der Waals surface area contributed by atoms with Gasteiger partial charge in [-0.2, -0.15) is 8.42 Å². The highest BCUT2D eigenvalue weighted by Gasteiger charge is 1.86. The van der Waals surface area contributed by atoms with Gasteiger partial charge < -0.3 is 14.5 Å². The molecule has 0 fully saturated rings. The molecule has 0 radical (unpaired) electrons. The highest BCUT2D eigenvalue weighted by Crippen LogP contribution is 1.75. The SMILES string of the molecule is C=CC(=O)OCC.CCN(C)CC.CCN(C)CC.O=S(=O)(O)O. The first-order valence-corrected chi connectivity index (χ1v) is 9.18. The second-order valence-corrected chi connectivity index (χ2v) is 5.28. The fraction of sp³-hybridized carbons (Fsp3) is 0.800. The van der Waals surface area contributed by atoms with E-state index in [1.54, 1.807) is 6.92 Å². The van der Waals surface area contributed by atoms with E-state index in [4.69, 9.17) is 17.5 Å². The minimum Gasteiger partial charge on any atom is -0.463 e. The van der Waals surface area contributed by atoms with Crippen LogP contribution in [0.25, 0.3) is 0 Å². The van der Waals surface area contributed by atoms with Crippen LogP contribution in [0, 0.1) is 0 Å². The summed E-state index contributed by atoms with van der Waals surface area (Å²) in [5.74, 6) is -0.359. The molecule has 9 heteroatoms. The molecule has 0 aromatic heterocycles. The van der Waals surface area contributed by atoms with E-state index >= 15 is 0 Å². The number of nitrogens with zero attached hydrogens (tertiary/aromatic N) is 2. The van der Waals surface area contributed by atoms with Gasteiger partial charge in [-0.15, -0.1) is 0 Å². The molecule has 0 heterocycles. The van der Waals surface area contributed by atoms with Crippen LogP contribution >= 0.6 is 0 Å². The van der Waals surface area contributed by atoms with Crippen LogP contribution in [0.1, 0.15) is 34.6 Å². The zero-order valence-corrected chi connectivity index (χ0v) is 17.0. The maximum atomic E-state index is 10.1. The molecule has 0 aliphatic heterocycles. The largest absolute Gasteiger partial charge is 0.463 e. The first-order chi connectivity index (χ1) is 10.9. The molecule has 0 spiro atoms.